The van der Waals surface area contributed by atoms with Crippen molar-refractivity contribution >= 4 is 22.7 Å². The number of nitrogens with zero attached hydrogens (tertiary/aromatic N) is 2. The Morgan fingerprint density at radius 1 is 1.50 bits per heavy atom. The van der Waals surface area contributed by atoms with Crippen molar-refractivity contribution in [2.45, 2.75) is 13.3 Å². The molecule has 2 aromatic rings. The number of benzene rings is 1. The van der Waals surface area contributed by atoms with Gasteiger partial charge in [0.15, 0.2) is 0 Å². The van der Waals surface area contributed by atoms with Crippen molar-refractivity contribution in [3.8, 4) is 0 Å². The maximum absolute atomic E-state index is 10.9. The molecule has 2 rings (SSSR count). The van der Waals surface area contributed by atoms with E-state index in [9.17, 15) is 10.1 Å². The molecular weight excluding hydrogens is 250 g/mol. The molecule has 1 N–H and O–H groups in total. The molecule has 0 spiro atoms. The van der Waals surface area contributed by atoms with Crippen molar-refractivity contribution in [3.05, 3.63) is 50.5 Å². The summed E-state index contributed by atoms with van der Waals surface area (Å²) in [6.45, 7) is 2.47. The van der Waals surface area contributed by atoms with Crippen LogP contribution in [0.15, 0.2) is 29.1 Å². The molecule has 0 aliphatic heterocycles. The normalized spacial score (nSPS) is 10.3. The van der Waals surface area contributed by atoms with E-state index in [4.69, 9.17) is 0 Å². The van der Waals surface area contributed by atoms with E-state index in [1.807, 2.05) is 18.4 Å². The maximum Gasteiger partial charge on any atom is 0.292 e. The van der Waals surface area contributed by atoms with Crippen molar-refractivity contribution in [3.63, 3.8) is 0 Å². The van der Waals surface area contributed by atoms with Gasteiger partial charge in [0.05, 0.1) is 16.1 Å². The second-order valence-corrected chi connectivity index (χ2v) is 4.65. The lowest BCUT2D eigenvalue weighted by molar-refractivity contribution is -0.384. The van der Waals surface area contributed by atoms with Crippen LogP contribution in [0.2, 0.25) is 0 Å². The second-order valence-electron chi connectivity index (χ2n) is 3.93. The van der Waals surface area contributed by atoms with Gasteiger partial charge in [-0.15, -0.1) is 11.3 Å². The van der Waals surface area contributed by atoms with Crippen LogP contribution in [0, 0.1) is 17.0 Å². The topological polar surface area (TPSA) is 68.1 Å². The smallest absolute Gasteiger partial charge is 0.292 e. The van der Waals surface area contributed by atoms with Gasteiger partial charge in [-0.1, -0.05) is 6.07 Å². The van der Waals surface area contributed by atoms with E-state index in [0.29, 0.717) is 12.2 Å². The Labute approximate surface area is 109 Å². The van der Waals surface area contributed by atoms with Gasteiger partial charge in [-0.05, 0) is 18.6 Å². The van der Waals surface area contributed by atoms with E-state index >= 15 is 0 Å². The van der Waals surface area contributed by atoms with Gasteiger partial charge in [-0.25, -0.2) is 4.98 Å². The van der Waals surface area contributed by atoms with Gasteiger partial charge in [0.25, 0.3) is 5.69 Å². The molecule has 1 heterocycles. The van der Waals surface area contributed by atoms with Gasteiger partial charge in [-0.3, -0.25) is 10.1 Å². The van der Waals surface area contributed by atoms with Crippen molar-refractivity contribution < 1.29 is 4.92 Å². The fraction of sp³-hybridized carbons (Fsp3) is 0.250. The predicted molar refractivity (Wildman–Crippen MR) is 72.1 cm³/mol. The van der Waals surface area contributed by atoms with Crippen LogP contribution < -0.4 is 5.32 Å². The molecule has 0 fully saturated rings. The first kappa shape index (κ1) is 12.5. The van der Waals surface area contributed by atoms with Crippen molar-refractivity contribution in [1.29, 1.82) is 0 Å². The number of aromatic nitrogens is 1. The molecule has 94 valence electrons. The molecule has 1 aromatic heterocycles. The molecule has 6 heteroatoms. The number of thiazole rings is 1. The van der Waals surface area contributed by atoms with Crippen LogP contribution in [-0.2, 0) is 6.42 Å². The number of nitro benzene ring substituents is 1. The van der Waals surface area contributed by atoms with Gasteiger partial charge < -0.3 is 5.32 Å². The fourth-order valence-electron chi connectivity index (χ4n) is 1.63. The molecule has 0 aliphatic rings. The Kier molecular flexibility index (Phi) is 3.88. The number of anilines is 1. The zero-order valence-corrected chi connectivity index (χ0v) is 10.7. The molecule has 0 saturated heterocycles. The number of hydrogen-bond acceptors (Lipinski definition) is 5. The van der Waals surface area contributed by atoms with Crippen LogP contribution >= 0.6 is 11.3 Å². The molecular formula is C12H13N3O2S. The zero-order valence-electron chi connectivity index (χ0n) is 9.92. The third-order valence-corrected chi connectivity index (χ3v) is 3.17. The Morgan fingerprint density at radius 3 is 3.00 bits per heavy atom. The van der Waals surface area contributed by atoms with E-state index in [1.165, 1.54) is 0 Å². The second kappa shape index (κ2) is 5.59. The minimum absolute atomic E-state index is 0.119. The lowest BCUT2D eigenvalue weighted by atomic mass is 10.2. The summed E-state index contributed by atoms with van der Waals surface area (Å²) in [6.07, 6.45) is 0.758. The SMILES string of the molecule is Cc1ccc(NCCc2cscn2)c([N+](=O)[O-])c1. The van der Waals surface area contributed by atoms with Gasteiger partial charge in [0.2, 0.25) is 0 Å². The summed E-state index contributed by atoms with van der Waals surface area (Å²) in [5, 5.41) is 16.0. The van der Waals surface area contributed by atoms with E-state index in [1.54, 1.807) is 29.0 Å². The van der Waals surface area contributed by atoms with Crippen LogP contribution in [0.4, 0.5) is 11.4 Å². The molecule has 18 heavy (non-hydrogen) atoms. The lowest BCUT2D eigenvalue weighted by Crippen LogP contribution is -2.07. The molecule has 0 amide bonds. The van der Waals surface area contributed by atoms with E-state index < -0.39 is 0 Å². The first-order valence-corrected chi connectivity index (χ1v) is 6.47. The molecule has 0 bridgehead atoms. The Hall–Kier alpha value is -1.95. The molecule has 0 unspecified atom stereocenters. The van der Waals surface area contributed by atoms with Crippen LogP contribution in [0.25, 0.3) is 0 Å². The Morgan fingerprint density at radius 2 is 2.33 bits per heavy atom. The Balaban J connectivity index is 2.02. The van der Waals surface area contributed by atoms with Gasteiger partial charge in [-0.2, -0.15) is 0 Å². The summed E-state index contributed by atoms with van der Waals surface area (Å²) in [4.78, 5) is 14.7. The van der Waals surface area contributed by atoms with Crippen molar-refractivity contribution in [2.75, 3.05) is 11.9 Å². The average Bonchev–Trinajstić information content (AvgIpc) is 2.84. The number of aryl methyl sites for hydroxylation is 1. The zero-order chi connectivity index (χ0) is 13.0. The third-order valence-electron chi connectivity index (χ3n) is 2.53. The molecule has 0 aliphatic carbocycles. The van der Waals surface area contributed by atoms with Crippen LogP contribution in [0.3, 0.4) is 0 Å². The van der Waals surface area contributed by atoms with E-state index in [2.05, 4.69) is 10.3 Å². The van der Waals surface area contributed by atoms with Gasteiger partial charge in [0.1, 0.15) is 5.69 Å². The highest BCUT2D eigenvalue weighted by Gasteiger charge is 2.12. The standard InChI is InChI=1S/C12H13N3O2S/c1-9-2-3-11(12(6-9)15(16)17)13-5-4-10-7-18-8-14-10/h2-3,6-8,13H,4-5H2,1H3. The third kappa shape index (κ3) is 3.04. The van der Waals surface area contributed by atoms with E-state index in [0.717, 1.165) is 17.7 Å². The van der Waals surface area contributed by atoms with E-state index in [-0.39, 0.29) is 10.6 Å². The summed E-state index contributed by atoms with van der Waals surface area (Å²) < 4.78 is 0. The maximum atomic E-state index is 10.9. The fourth-order valence-corrected chi connectivity index (χ4v) is 2.22. The first-order valence-electron chi connectivity index (χ1n) is 5.53. The van der Waals surface area contributed by atoms with Crippen LogP contribution in [-0.4, -0.2) is 16.5 Å². The summed E-state index contributed by atoms with van der Waals surface area (Å²) >= 11 is 1.55. The first-order chi connectivity index (χ1) is 8.66. The number of rotatable bonds is 5. The molecule has 5 nitrogen and oxygen atoms in total. The summed E-state index contributed by atoms with van der Waals surface area (Å²) in [5.74, 6) is 0. The summed E-state index contributed by atoms with van der Waals surface area (Å²) in [5.41, 5.74) is 4.34. The summed E-state index contributed by atoms with van der Waals surface area (Å²) in [6, 6.07) is 5.18. The quantitative estimate of drug-likeness (QED) is 0.665. The molecule has 0 atom stereocenters. The number of nitrogens with one attached hydrogen (secondary N) is 1. The summed E-state index contributed by atoms with van der Waals surface area (Å²) in [7, 11) is 0. The van der Waals surface area contributed by atoms with Gasteiger partial charge in [0, 0.05) is 24.4 Å². The van der Waals surface area contributed by atoms with Crippen molar-refractivity contribution in [2.24, 2.45) is 0 Å². The average molecular weight is 263 g/mol. The number of nitro groups is 1. The highest BCUT2D eigenvalue weighted by Crippen LogP contribution is 2.25. The minimum Gasteiger partial charge on any atom is -0.379 e. The minimum atomic E-state index is -0.363. The van der Waals surface area contributed by atoms with Gasteiger partial charge >= 0.3 is 0 Å². The highest BCUT2D eigenvalue weighted by molar-refractivity contribution is 7.07. The predicted octanol–water partition coefficient (Wildman–Crippen LogP) is 3.01. The molecule has 0 radical (unpaired) electrons. The van der Waals surface area contributed by atoms with Crippen LogP contribution in [0.5, 0.6) is 0 Å². The molecule has 1 aromatic carbocycles. The lowest BCUT2D eigenvalue weighted by Gasteiger charge is -2.06. The number of hydrogen-bond donors (Lipinski definition) is 1. The Bertz CT molecular complexity index is 540. The van der Waals surface area contributed by atoms with Crippen molar-refractivity contribution in [1.82, 2.24) is 4.98 Å². The largest absolute Gasteiger partial charge is 0.379 e. The monoisotopic (exact) mass is 263 g/mol. The highest BCUT2D eigenvalue weighted by atomic mass is 32.1. The molecule has 0 saturated carbocycles. The van der Waals surface area contributed by atoms with Crippen LogP contribution in [0.1, 0.15) is 11.3 Å².